The number of nitrogens with zero attached hydrogens (tertiary/aromatic N) is 5. The Kier molecular flexibility index (Phi) is 4.68. The quantitative estimate of drug-likeness (QED) is 0.451. The molecule has 0 fully saturated rings. The number of imidazole rings is 1. The number of benzene rings is 1. The molecule has 26 heavy (non-hydrogen) atoms. The van der Waals surface area contributed by atoms with E-state index in [-0.39, 0.29) is 11.6 Å². The van der Waals surface area contributed by atoms with Gasteiger partial charge in [0.15, 0.2) is 0 Å². The number of para-hydroxylation sites is 2. The van der Waals surface area contributed by atoms with Gasteiger partial charge in [0.2, 0.25) is 5.89 Å². The summed E-state index contributed by atoms with van der Waals surface area (Å²) in [6, 6.07) is 6.82. The number of aromatic nitrogens is 5. The van der Waals surface area contributed by atoms with Crippen molar-refractivity contribution in [3.63, 3.8) is 0 Å². The Hall–Kier alpha value is -2.33. The van der Waals surface area contributed by atoms with Gasteiger partial charge in [-0.2, -0.15) is 8.78 Å². The van der Waals surface area contributed by atoms with Gasteiger partial charge in [0.25, 0.3) is 5.22 Å². The number of thioether (sulfide) groups is 1. The Morgan fingerprint density at radius 3 is 2.85 bits per heavy atom. The minimum Gasteiger partial charge on any atom is -0.416 e. The number of fused-ring (bicyclic) bond motifs is 1. The van der Waals surface area contributed by atoms with Crippen molar-refractivity contribution in [3.8, 4) is 0 Å². The van der Waals surface area contributed by atoms with Crippen molar-refractivity contribution < 1.29 is 13.2 Å². The zero-order valence-corrected chi connectivity index (χ0v) is 15.2. The fourth-order valence-corrected chi connectivity index (χ4v) is 3.88. The van der Waals surface area contributed by atoms with Crippen LogP contribution >= 0.6 is 23.1 Å². The van der Waals surface area contributed by atoms with Gasteiger partial charge in [-0.1, -0.05) is 23.9 Å². The van der Waals surface area contributed by atoms with E-state index in [9.17, 15) is 8.78 Å². The van der Waals surface area contributed by atoms with Gasteiger partial charge in [0.1, 0.15) is 5.82 Å². The van der Waals surface area contributed by atoms with Crippen LogP contribution in [0.4, 0.5) is 8.78 Å². The number of aryl methyl sites for hydroxylation is 1. The summed E-state index contributed by atoms with van der Waals surface area (Å²) in [7, 11) is 0. The normalized spacial score (nSPS) is 11.7. The summed E-state index contributed by atoms with van der Waals surface area (Å²) in [4.78, 5) is 8.64. The lowest BCUT2D eigenvalue weighted by Gasteiger charge is -2.06. The number of hydrogen-bond acceptors (Lipinski definition) is 7. The average Bonchev–Trinajstić information content (AvgIpc) is 3.31. The molecule has 4 rings (SSSR count). The van der Waals surface area contributed by atoms with Gasteiger partial charge in [-0.3, -0.25) is 4.57 Å². The largest absolute Gasteiger partial charge is 0.416 e. The third-order valence-electron chi connectivity index (χ3n) is 3.64. The zero-order chi connectivity index (χ0) is 18.1. The van der Waals surface area contributed by atoms with Gasteiger partial charge in [-0.25, -0.2) is 9.97 Å². The third-order valence-corrected chi connectivity index (χ3v) is 5.27. The van der Waals surface area contributed by atoms with Crippen LogP contribution in [0.25, 0.3) is 11.0 Å². The van der Waals surface area contributed by atoms with Gasteiger partial charge in [-0.05, 0) is 19.1 Å². The lowest BCUT2D eigenvalue weighted by molar-refractivity contribution is 0.0722. The van der Waals surface area contributed by atoms with Crippen LogP contribution in [0.15, 0.2) is 39.3 Å². The fourth-order valence-electron chi connectivity index (χ4n) is 2.55. The number of hydrogen-bond donors (Lipinski definition) is 0. The first kappa shape index (κ1) is 17.1. The summed E-state index contributed by atoms with van der Waals surface area (Å²) in [5.74, 6) is 0.914. The summed E-state index contributed by atoms with van der Waals surface area (Å²) in [6.07, 6.45) is 0.452. The molecular weight excluding hydrogens is 380 g/mol. The first-order chi connectivity index (χ1) is 12.6. The Bertz CT molecular complexity index is 1040. The van der Waals surface area contributed by atoms with E-state index in [0.29, 0.717) is 28.6 Å². The van der Waals surface area contributed by atoms with E-state index in [2.05, 4.69) is 20.2 Å². The number of alkyl halides is 2. The predicted octanol–water partition coefficient (Wildman–Crippen LogP) is 4.46. The van der Waals surface area contributed by atoms with Crippen LogP contribution in [0.2, 0.25) is 0 Å². The summed E-state index contributed by atoms with van der Waals surface area (Å²) >= 11 is 2.74. The molecule has 0 aliphatic carbocycles. The van der Waals surface area contributed by atoms with E-state index < -0.39 is 6.55 Å². The molecule has 4 aromatic rings. The molecule has 1 aromatic carbocycles. The molecule has 0 saturated heterocycles. The lowest BCUT2D eigenvalue weighted by Crippen LogP contribution is -2.03. The van der Waals surface area contributed by atoms with Crippen molar-refractivity contribution in [2.45, 2.75) is 30.9 Å². The van der Waals surface area contributed by atoms with Gasteiger partial charge in [-0.15, -0.1) is 21.5 Å². The Labute approximate surface area is 155 Å². The average molecular weight is 393 g/mol. The maximum atomic E-state index is 13.4. The van der Waals surface area contributed by atoms with Crippen LogP contribution in [0.3, 0.4) is 0 Å². The third kappa shape index (κ3) is 3.47. The molecular formula is C16H13F2N5OS2. The molecule has 0 N–H and O–H groups in total. The first-order valence-electron chi connectivity index (χ1n) is 7.70. The number of halogens is 2. The summed E-state index contributed by atoms with van der Waals surface area (Å²) < 4.78 is 33.3. The Morgan fingerprint density at radius 1 is 1.23 bits per heavy atom. The van der Waals surface area contributed by atoms with Crippen molar-refractivity contribution in [3.05, 3.63) is 52.1 Å². The maximum absolute atomic E-state index is 13.4. The molecule has 0 atom stereocenters. The van der Waals surface area contributed by atoms with Crippen LogP contribution in [0.5, 0.6) is 0 Å². The van der Waals surface area contributed by atoms with Crippen molar-refractivity contribution in [2.75, 3.05) is 0 Å². The molecule has 0 unspecified atom stereocenters. The van der Waals surface area contributed by atoms with Crippen LogP contribution in [0.1, 0.15) is 29.0 Å². The van der Waals surface area contributed by atoms with Crippen LogP contribution in [0, 0.1) is 6.92 Å². The van der Waals surface area contributed by atoms with E-state index in [1.807, 2.05) is 12.3 Å². The van der Waals surface area contributed by atoms with Crippen molar-refractivity contribution >= 4 is 34.1 Å². The maximum Gasteiger partial charge on any atom is 0.320 e. The SMILES string of the molecule is Cc1nc(Cc2nnc(SCc3nc4ccccc4n3C(F)F)o2)cs1. The topological polar surface area (TPSA) is 69.6 Å². The first-order valence-corrected chi connectivity index (χ1v) is 9.57. The molecule has 10 heteroatoms. The van der Waals surface area contributed by atoms with Crippen LogP contribution < -0.4 is 0 Å². The molecule has 3 heterocycles. The van der Waals surface area contributed by atoms with Crippen molar-refractivity contribution in [2.24, 2.45) is 0 Å². The van der Waals surface area contributed by atoms with Gasteiger partial charge in [0, 0.05) is 5.38 Å². The molecule has 0 aliphatic heterocycles. The molecule has 0 bridgehead atoms. The standard InChI is InChI=1S/C16H13F2N5OS2/c1-9-19-10(7-25-9)6-14-21-22-16(24-14)26-8-13-20-11-4-2-3-5-12(11)23(13)15(17)18/h2-5,7,15H,6,8H2,1H3. The summed E-state index contributed by atoms with van der Waals surface area (Å²) in [5, 5.41) is 11.2. The molecule has 6 nitrogen and oxygen atoms in total. The molecule has 0 amide bonds. The second kappa shape index (κ2) is 7.12. The fraction of sp³-hybridized carbons (Fsp3) is 0.250. The highest BCUT2D eigenvalue weighted by atomic mass is 32.2. The van der Waals surface area contributed by atoms with Crippen LogP contribution in [-0.4, -0.2) is 24.7 Å². The van der Waals surface area contributed by atoms with E-state index in [0.717, 1.165) is 15.3 Å². The van der Waals surface area contributed by atoms with Gasteiger partial charge < -0.3 is 4.42 Å². The molecule has 134 valence electrons. The minimum atomic E-state index is -2.66. The second-order valence-electron chi connectivity index (χ2n) is 5.45. The Morgan fingerprint density at radius 2 is 2.08 bits per heavy atom. The van der Waals surface area contributed by atoms with Gasteiger partial charge in [0.05, 0.1) is 33.9 Å². The molecule has 0 spiro atoms. The smallest absolute Gasteiger partial charge is 0.320 e. The van der Waals surface area contributed by atoms with Crippen LogP contribution in [-0.2, 0) is 12.2 Å². The molecule has 0 radical (unpaired) electrons. The highest BCUT2D eigenvalue weighted by molar-refractivity contribution is 7.98. The second-order valence-corrected chi connectivity index (χ2v) is 7.44. The molecule has 0 saturated carbocycles. The molecule has 3 aromatic heterocycles. The predicted molar refractivity (Wildman–Crippen MR) is 94.5 cm³/mol. The highest BCUT2D eigenvalue weighted by Crippen LogP contribution is 2.28. The van der Waals surface area contributed by atoms with E-state index in [4.69, 9.17) is 4.42 Å². The number of rotatable bonds is 6. The number of thiazole rings is 1. The summed E-state index contributed by atoms with van der Waals surface area (Å²) in [6.45, 7) is -0.734. The highest BCUT2D eigenvalue weighted by Gasteiger charge is 2.18. The van der Waals surface area contributed by atoms with E-state index >= 15 is 0 Å². The monoisotopic (exact) mass is 393 g/mol. The lowest BCUT2D eigenvalue weighted by atomic mass is 10.3. The van der Waals surface area contributed by atoms with Gasteiger partial charge >= 0.3 is 6.55 Å². The van der Waals surface area contributed by atoms with E-state index in [1.54, 1.807) is 35.6 Å². The van der Waals surface area contributed by atoms with Crippen molar-refractivity contribution in [1.29, 1.82) is 0 Å². The van der Waals surface area contributed by atoms with Crippen molar-refractivity contribution in [1.82, 2.24) is 24.7 Å². The van der Waals surface area contributed by atoms with E-state index in [1.165, 1.54) is 11.8 Å². The minimum absolute atomic E-state index is 0.205. The zero-order valence-electron chi connectivity index (χ0n) is 13.6. The Balaban J connectivity index is 1.49. The molecule has 0 aliphatic rings. The summed E-state index contributed by atoms with van der Waals surface area (Å²) in [5.41, 5.74) is 1.81.